The molecule has 0 radical (unpaired) electrons. The van der Waals surface area contributed by atoms with Crippen molar-refractivity contribution in [1.82, 2.24) is 5.32 Å². The Kier molecular flexibility index (Phi) is 63.5. The number of ether oxygens (including phenoxy) is 1. The molecule has 76 heavy (non-hydrogen) atoms. The quantitative estimate of drug-likeness (QED) is 0.0320. The molecule has 0 rings (SSSR count). The van der Waals surface area contributed by atoms with Gasteiger partial charge in [-0.05, 0) is 89.9 Å². The fraction of sp³-hybridized carbons (Fsp3) is 0.857. The molecule has 0 aromatic heterocycles. The Balaban J connectivity index is 3.42. The van der Waals surface area contributed by atoms with Gasteiger partial charge in [0.15, 0.2) is 0 Å². The molecule has 2 atom stereocenters. The van der Waals surface area contributed by atoms with E-state index in [1.165, 1.54) is 283 Å². The SMILES string of the molecule is CCCCCCCCC/C=C\CCCCCCCCCC(=O)OCCCCCCCCCCC/C=C\C/C=C\CCCCCCCCCCCCCC(=O)NC(CO)C(O)/C=C/CCCCCCCCCCCCCC. The minimum absolute atomic E-state index is 0.00735. The highest BCUT2D eigenvalue weighted by Gasteiger charge is 2.18. The van der Waals surface area contributed by atoms with E-state index in [0.29, 0.717) is 19.4 Å². The molecule has 6 heteroatoms. The maximum atomic E-state index is 12.5. The van der Waals surface area contributed by atoms with Gasteiger partial charge in [-0.1, -0.05) is 306 Å². The molecule has 0 saturated carbocycles. The van der Waals surface area contributed by atoms with Gasteiger partial charge in [0.2, 0.25) is 5.91 Å². The van der Waals surface area contributed by atoms with Crippen LogP contribution in [-0.2, 0) is 14.3 Å². The largest absolute Gasteiger partial charge is 0.466 e. The van der Waals surface area contributed by atoms with Crippen molar-refractivity contribution in [1.29, 1.82) is 0 Å². The minimum Gasteiger partial charge on any atom is -0.466 e. The van der Waals surface area contributed by atoms with Gasteiger partial charge in [-0.15, -0.1) is 0 Å². The van der Waals surface area contributed by atoms with E-state index in [4.69, 9.17) is 4.74 Å². The van der Waals surface area contributed by atoms with Crippen molar-refractivity contribution in [2.24, 2.45) is 0 Å². The van der Waals surface area contributed by atoms with E-state index < -0.39 is 12.1 Å². The number of amides is 1. The molecule has 3 N–H and O–H groups in total. The first kappa shape index (κ1) is 73.8. The molecule has 2 unspecified atom stereocenters. The van der Waals surface area contributed by atoms with Crippen LogP contribution in [0.15, 0.2) is 48.6 Å². The van der Waals surface area contributed by atoms with Crippen LogP contribution < -0.4 is 5.32 Å². The van der Waals surface area contributed by atoms with Gasteiger partial charge in [0.1, 0.15) is 0 Å². The highest BCUT2D eigenvalue weighted by Crippen LogP contribution is 2.17. The first-order valence-corrected chi connectivity index (χ1v) is 33.9. The fourth-order valence-corrected chi connectivity index (χ4v) is 10.4. The topological polar surface area (TPSA) is 95.9 Å². The third-order valence-electron chi connectivity index (χ3n) is 15.6. The number of aliphatic hydroxyl groups excluding tert-OH is 2. The average molecular weight is 1070 g/mol. The van der Waals surface area contributed by atoms with Crippen molar-refractivity contribution in [3.63, 3.8) is 0 Å². The second-order valence-corrected chi connectivity index (χ2v) is 23.1. The van der Waals surface area contributed by atoms with Crippen LogP contribution in [0.25, 0.3) is 0 Å². The standard InChI is InChI=1S/C70H131NO5/c1-3-5-7-9-11-13-15-17-19-20-33-36-40-44-48-52-56-60-64-70(75)76-65-61-57-53-49-45-41-37-34-31-29-27-25-23-21-22-24-26-28-30-32-35-39-43-47-51-55-59-63-69(74)71-67(66-72)68(73)62-58-54-50-46-42-38-18-16-14-12-10-8-6-4-2/h19-22,25,27,58,62,67-68,72-73H,3-18,23-24,26,28-57,59-61,63-66H2,1-2H3,(H,71,74)/b20-19-,22-21-,27-25-,62-58+. The number of carbonyl (C=O) groups is 2. The summed E-state index contributed by atoms with van der Waals surface area (Å²) in [5, 5.41) is 23.1. The fourth-order valence-electron chi connectivity index (χ4n) is 10.4. The summed E-state index contributed by atoms with van der Waals surface area (Å²) in [5.41, 5.74) is 0. The number of carbonyl (C=O) groups excluding carboxylic acids is 2. The predicted molar refractivity (Wildman–Crippen MR) is 333 cm³/mol. The minimum atomic E-state index is -0.847. The second kappa shape index (κ2) is 65.3. The summed E-state index contributed by atoms with van der Waals surface area (Å²) < 4.78 is 5.50. The van der Waals surface area contributed by atoms with Crippen LogP contribution in [0.3, 0.4) is 0 Å². The first-order chi connectivity index (χ1) is 37.5. The normalized spacial score (nSPS) is 12.8. The molecule has 0 fully saturated rings. The van der Waals surface area contributed by atoms with Crippen molar-refractivity contribution in [3.05, 3.63) is 48.6 Å². The summed E-state index contributed by atoms with van der Waals surface area (Å²) in [6.07, 6.45) is 84.6. The highest BCUT2D eigenvalue weighted by atomic mass is 16.5. The van der Waals surface area contributed by atoms with Crippen LogP contribution in [0.5, 0.6) is 0 Å². The van der Waals surface area contributed by atoms with Crippen molar-refractivity contribution in [3.8, 4) is 0 Å². The van der Waals surface area contributed by atoms with Gasteiger partial charge in [-0.3, -0.25) is 9.59 Å². The monoisotopic (exact) mass is 1070 g/mol. The van der Waals surface area contributed by atoms with Gasteiger partial charge in [0, 0.05) is 12.8 Å². The summed E-state index contributed by atoms with van der Waals surface area (Å²) in [4.78, 5) is 24.6. The predicted octanol–water partition coefficient (Wildman–Crippen LogP) is 21.7. The van der Waals surface area contributed by atoms with Gasteiger partial charge in [-0.25, -0.2) is 0 Å². The van der Waals surface area contributed by atoms with Gasteiger partial charge < -0.3 is 20.3 Å². The smallest absolute Gasteiger partial charge is 0.305 e. The number of hydrogen-bond acceptors (Lipinski definition) is 5. The summed E-state index contributed by atoms with van der Waals surface area (Å²) >= 11 is 0. The number of hydrogen-bond donors (Lipinski definition) is 3. The molecule has 0 spiro atoms. The third-order valence-corrected chi connectivity index (χ3v) is 15.6. The second-order valence-electron chi connectivity index (χ2n) is 23.1. The lowest BCUT2D eigenvalue weighted by molar-refractivity contribution is -0.143. The van der Waals surface area contributed by atoms with Crippen molar-refractivity contribution < 1.29 is 24.5 Å². The van der Waals surface area contributed by atoms with E-state index in [9.17, 15) is 19.8 Å². The Morgan fingerprint density at radius 3 is 1.01 bits per heavy atom. The lowest BCUT2D eigenvalue weighted by atomic mass is 10.0. The van der Waals surface area contributed by atoms with Gasteiger partial charge in [-0.2, -0.15) is 0 Å². The summed E-state index contributed by atoms with van der Waals surface area (Å²) in [6, 6.07) is -0.631. The molecule has 0 aliphatic carbocycles. The molecule has 0 aromatic carbocycles. The number of rotatable bonds is 63. The van der Waals surface area contributed by atoms with Crippen LogP contribution in [0.2, 0.25) is 0 Å². The van der Waals surface area contributed by atoms with Crippen molar-refractivity contribution >= 4 is 11.9 Å². The van der Waals surface area contributed by atoms with Crippen molar-refractivity contribution in [2.45, 2.75) is 373 Å². The zero-order valence-electron chi connectivity index (χ0n) is 51.0. The molecular weight excluding hydrogens is 935 g/mol. The molecule has 1 amide bonds. The van der Waals surface area contributed by atoms with Gasteiger partial charge in [0.25, 0.3) is 0 Å². The van der Waals surface area contributed by atoms with Crippen LogP contribution in [0, 0.1) is 0 Å². The summed E-state index contributed by atoms with van der Waals surface area (Å²) in [6.45, 7) is 4.91. The number of aliphatic hydroxyl groups is 2. The lowest BCUT2D eigenvalue weighted by Crippen LogP contribution is -2.45. The Labute approximate surface area is 474 Å². The van der Waals surface area contributed by atoms with Crippen LogP contribution >= 0.6 is 0 Å². The Morgan fingerprint density at radius 2 is 0.658 bits per heavy atom. The first-order valence-electron chi connectivity index (χ1n) is 33.9. The molecule has 446 valence electrons. The Morgan fingerprint density at radius 1 is 0.368 bits per heavy atom. The van der Waals surface area contributed by atoms with E-state index in [0.717, 1.165) is 51.4 Å². The van der Waals surface area contributed by atoms with Gasteiger partial charge in [0.05, 0.1) is 25.4 Å². The van der Waals surface area contributed by atoms with Crippen LogP contribution in [-0.4, -0.2) is 47.4 Å². The van der Waals surface area contributed by atoms with E-state index in [2.05, 4.69) is 55.6 Å². The number of nitrogens with one attached hydrogen (secondary N) is 1. The lowest BCUT2D eigenvalue weighted by Gasteiger charge is -2.20. The maximum Gasteiger partial charge on any atom is 0.305 e. The Bertz CT molecular complexity index is 1270. The number of esters is 1. The molecule has 0 aliphatic rings. The third kappa shape index (κ3) is 61.0. The Hall–Kier alpha value is -2.18. The molecule has 0 aliphatic heterocycles. The zero-order chi connectivity index (χ0) is 55.0. The average Bonchev–Trinajstić information content (AvgIpc) is 3.42. The molecule has 6 nitrogen and oxygen atoms in total. The van der Waals surface area contributed by atoms with Gasteiger partial charge >= 0.3 is 5.97 Å². The van der Waals surface area contributed by atoms with E-state index in [1.54, 1.807) is 6.08 Å². The number of allylic oxidation sites excluding steroid dienone is 7. The molecule has 0 heterocycles. The molecular formula is C70H131NO5. The molecule has 0 aromatic rings. The molecule has 0 bridgehead atoms. The van der Waals surface area contributed by atoms with Crippen LogP contribution in [0.4, 0.5) is 0 Å². The van der Waals surface area contributed by atoms with E-state index in [-0.39, 0.29) is 18.5 Å². The summed E-state index contributed by atoms with van der Waals surface area (Å²) in [5.74, 6) is -0.0631. The number of unbranched alkanes of at least 4 members (excludes halogenated alkanes) is 46. The summed E-state index contributed by atoms with van der Waals surface area (Å²) in [7, 11) is 0. The van der Waals surface area contributed by atoms with Crippen molar-refractivity contribution in [2.75, 3.05) is 13.2 Å². The molecule has 0 saturated heterocycles. The highest BCUT2D eigenvalue weighted by molar-refractivity contribution is 5.76. The maximum absolute atomic E-state index is 12.5. The zero-order valence-corrected chi connectivity index (χ0v) is 51.0. The van der Waals surface area contributed by atoms with Crippen LogP contribution in [0.1, 0.15) is 361 Å². The van der Waals surface area contributed by atoms with E-state index >= 15 is 0 Å². The van der Waals surface area contributed by atoms with E-state index in [1.807, 2.05) is 6.08 Å².